The smallest absolute Gasteiger partial charge is 0.331 e. The van der Waals surface area contributed by atoms with Gasteiger partial charge in [0.25, 0.3) is 0 Å². The molecule has 2 heterocycles. The maximum Gasteiger partial charge on any atom is 0.331 e. The summed E-state index contributed by atoms with van der Waals surface area (Å²) < 4.78 is 25.9. The Morgan fingerprint density at radius 1 is 0.960 bits per heavy atom. The first-order valence-electron chi connectivity index (χ1n) is 7.42. The first-order valence-corrected chi connectivity index (χ1v) is 7.42. The van der Waals surface area contributed by atoms with Crippen LogP contribution in [0.2, 0.25) is 0 Å². The molecule has 0 aromatic rings. The number of aliphatic hydroxyl groups excluding tert-OH is 1. The fourth-order valence-electron chi connectivity index (χ4n) is 2.41. The van der Waals surface area contributed by atoms with Gasteiger partial charge in [-0.1, -0.05) is 6.08 Å². The molecule has 0 amide bonds. The van der Waals surface area contributed by atoms with E-state index in [4.69, 9.17) is 29.2 Å². The number of fused-ring (bicyclic) bond motifs is 1. The summed E-state index contributed by atoms with van der Waals surface area (Å²) in [6.07, 6.45) is 1.47. The number of ether oxygens (including phenoxy) is 5. The molecule has 2 rings (SSSR count). The molecular weight excluding hydrogens is 340 g/mol. The van der Waals surface area contributed by atoms with Crippen molar-refractivity contribution in [3.05, 3.63) is 24.3 Å². The van der Waals surface area contributed by atoms with E-state index in [1.165, 1.54) is 6.08 Å². The number of esters is 2. The van der Waals surface area contributed by atoms with Crippen molar-refractivity contribution in [2.45, 2.75) is 24.4 Å². The number of carboxylic acid groups (broad SMARTS) is 1. The molecule has 10 heteroatoms. The number of hydrogen-bond acceptors (Lipinski definition) is 9. The van der Waals surface area contributed by atoms with Gasteiger partial charge in [-0.05, 0) is 0 Å². The Morgan fingerprint density at radius 2 is 1.52 bits per heavy atom. The largest absolute Gasteiger partial charge is 0.478 e. The van der Waals surface area contributed by atoms with Crippen LogP contribution in [0.15, 0.2) is 24.3 Å². The molecule has 2 aliphatic heterocycles. The van der Waals surface area contributed by atoms with Crippen LogP contribution in [-0.4, -0.2) is 79.2 Å². The Hall–Kier alpha value is -2.27. The van der Waals surface area contributed by atoms with E-state index in [-0.39, 0.29) is 19.8 Å². The van der Waals surface area contributed by atoms with E-state index in [0.29, 0.717) is 6.08 Å². The van der Waals surface area contributed by atoms with Crippen molar-refractivity contribution in [2.24, 2.45) is 0 Å². The summed E-state index contributed by atoms with van der Waals surface area (Å²) in [7, 11) is 0. The summed E-state index contributed by atoms with van der Waals surface area (Å²) in [5.74, 6) is -2.71. The zero-order valence-corrected chi connectivity index (χ0v) is 13.1. The highest BCUT2D eigenvalue weighted by molar-refractivity contribution is 5.90. The fraction of sp³-hybridized carbons (Fsp3) is 0.533. The second kappa shape index (κ2) is 9.28. The lowest BCUT2D eigenvalue weighted by atomic mass is 10.1. The summed E-state index contributed by atoms with van der Waals surface area (Å²) in [5.41, 5.74) is 0. The van der Waals surface area contributed by atoms with E-state index in [2.05, 4.69) is 4.74 Å². The number of rotatable bonds is 8. The second-order valence-corrected chi connectivity index (χ2v) is 5.12. The molecule has 0 saturated carbocycles. The number of hydrogen-bond donors (Lipinski definition) is 2. The van der Waals surface area contributed by atoms with Gasteiger partial charge in [-0.2, -0.15) is 0 Å². The molecular formula is C15H18O10. The summed E-state index contributed by atoms with van der Waals surface area (Å²) >= 11 is 0. The molecule has 2 aliphatic rings. The molecule has 4 atom stereocenters. The maximum absolute atomic E-state index is 11.7. The molecule has 25 heavy (non-hydrogen) atoms. The molecule has 0 unspecified atom stereocenters. The first kappa shape index (κ1) is 19.1. The molecule has 0 aromatic carbocycles. The molecule has 0 bridgehead atoms. The minimum absolute atomic E-state index is 0.0518. The van der Waals surface area contributed by atoms with Gasteiger partial charge in [0.05, 0.1) is 19.8 Å². The van der Waals surface area contributed by atoms with E-state index in [0.717, 1.165) is 12.2 Å². The third-order valence-electron chi connectivity index (χ3n) is 3.42. The van der Waals surface area contributed by atoms with Crippen LogP contribution in [0.3, 0.4) is 0 Å². The van der Waals surface area contributed by atoms with Gasteiger partial charge in [-0.15, -0.1) is 0 Å². The van der Waals surface area contributed by atoms with Gasteiger partial charge in [0.1, 0.15) is 19.0 Å². The predicted octanol–water partition coefficient (Wildman–Crippen LogP) is -1.23. The highest BCUT2D eigenvalue weighted by Crippen LogP contribution is 2.30. The van der Waals surface area contributed by atoms with Gasteiger partial charge in [-0.25, -0.2) is 14.4 Å². The molecule has 2 N–H and O–H groups in total. The van der Waals surface area contributed by atoms with Crippen molar-refractivity contribution in [1.82, 2.24) is 0 Å². The van der Waals surface area contributed by atoms with Gasteiger partial charge < -0.3 is 33.9 Å². The average molecular weight is 358 g/mol. The van der Waals surface area contributed by atoms with Crippen LogP contribution in [-0.2, 0) is 38.1 Å². The molecule has 0 spiro atoms. The highest BCUT2D eigenvalue weighted by atomic mass is 16.7. The molecule has 2 fully saturated rings. The van der Waals surface area contributed by atoms with Crippen molar-refractivity contribution in [3.8, 4) is 0 Å². The Balaban J connectivity index is 1.81. The van der Waals surface area contributed by atoms with Crippen molar-refractivity contribution in [3.63, 3.8) is 0 Å². The zero-order chi connectivity index (χ0) is 18.2. The minimum Gasteiger partial charge on any atom is -0.478 e. The molecule has 2 saturated heterocycles. The minimum atomic E-state index is -1.26. The molecule has 138 valence electrons. The standard InChI is InChI=1S/C15H18O10/c16-8-21-5-1-2-12(19)24-9-6-22-15-10(7-23-14(9)15)25-13(20)4-3-11(17)18/h1-4,9-10,14-16H,5-8H2,(H,17,18)/b2-1-,4-3-/t9-,10+,14-,15-/m1/s1. The van der Waals surface area contributed by atoms with Crippen LogP contribution in [0.1, 0.15) is 0 Å². The SMILES string of the molecule is O=C(O)/C=C\C(=O)O[C@H]1CO[C@H]2[C@@H]1OC[C@H]2OC(=O)/C=C\COCO. The van der Waals surface area contributed by atoms with E-state index in [1.54, 1.807) is 0 Å². The summed E-state index contributed by atoms with van der Waals surface area (Å²) in [6.45, 7) is -0.246. The normalized spacial score (nSPS) is 28.4. The predicted molar refractivity (Wildman–Crippen MR) is 78.2 cm³/mol. The number of carbonyl (C=O) groups excluding carboxylic acids is 2. The van der Waals surface area contributed by atoms with Gasteiger partial charge in [0.2, 0.25) is 0 Å². The van der Waals surface area contributed by atoms with Crippen LogP contribution in [0.4, 0.5) is 0 Å². The highest BCUT2D eigenvalue weighted by Gasteiger charge is 2.50. The Kier molecular flexibility index (Phi) is 7.07. The second-order valence-electron chi connectivity index (χ2n) is 5.12. The lowest BCUT2D eigenvalue weighted by Gasteiger charge is -2.16. The number of carboxylic acids is 1. The lowest BCUT2D eigenvalue weighted by Crippen LogP contribution is -2.35. The van der Waals surface area contributed by atoms with Crippen molar-refractivity contribution in [2.75, 3.05) is 26.6 Å². The molecule has 10 nitrogen and oxygen atoms in total. The number of aliphatic carboxylic acids is 1. The topological polar surface area (TPSA) is 138 Å². The number of aliphatic hydroxyl groups is 1. The Morgan fingerprint density at radius 3 is 2.04 bits per heavy atom. The Labute approximate surface area is 142 Å². The first-order chi connectivity index (χ1) is 12.0. The van der Waals surface area contributed by atoms with Gasteiger partial charge in [0.15, 0.2) is 12.2 Å². The number of carbonyl (C=O) groups is 3. The van der Waals surface area contributed by atoms with Crippen LogP contribution in [0.25, 0.3) is 0 Å². The Bertz CT molecular complexity index is 555. The molecule has 0 aromatic heterocycles. The quantitative estimate of drug-likeness (QED) is 0.235. The van der Waals surface area contributed by atoms with Gasteiger partial charge in [0, 0.05) is 18.2 Å². The van der Waals surface area contributed by atoms with Crippen molar-refractivity contribution in [1.29, 1.82) is 0 Å². The summed E-state index contributed by atoms with van der Waals surface area (Å²) in [6, 6.07) is 0. The van der Waals surface area contributed by atoms with Crippen LogP contribution < -0.4 is 0 Å². The molecule has 0 radical (unpaired) electrons. The van der Waals surface area contributed by atoms with E-state index in [9.17, 15) is 14.4 Å². The van der Waals surface area contributed by atoms with Gasteiger partial charge >= 0.3 is 17.9 Å². The lowest BCUT2D eigenvalue weighted by molar-refractivity contribution is -0.149. The summed E-state index contributed by atoms with van der Waals surface area (Å²) in [4.78, 5) is 33.5. The average Bonchev–Trinajstić information content (AvgIpc) is 3.14. The van der Waals surface area contributed by atoms with E-state index < -0.39 is 49.1 Å². The third-order valence-corrected chi connectivity index (χ3v) is 3.42. The van der Waals surface area contributed by atoms with Crippen LogP contribution >= 0.6 is 0 Å². The van der Waals surface area contributed by atoms with Crippen molar-refractivity contribution >= 4 is 17.9 Å². The summed E-state index contributed by atoms with van der Waals surface area (Å²) in [5, 5.41) is 16.9. The van der Waals surface area contributed by atoms with Crippen LogP contribution in [0.5, 0.6) is 0 Å². The monoisotopic (exact) mass is 358 g/mol. The van der Waals surface area contributed by atoms with Crippen LogP contribution in [0, 0.1) is 0 Å². The van der Waals surface area contributed by atoms with E-state index >= 15 is 0 Å². The van der Waals surface area contributed by atoms with E-state index in [1.807, 2.05) is 0 Å². The zero-order valence-electron chi connectivity index (χ0n) is 13.1. The van der Waals surface area contributed by atoms with Crippen molar-refractivity contribution < 1.29 is 48.3 Å². The molecule has 0 aliphatic carbocycles. The fourth-order valence-corrected chi connectivity index (χ4v) is 2.41. The maximum atomic E-state index is 11.7. The third kappa shape index (κ3) is 5.64. The van der Waals surface area contributed by atoms with Gasteiger partial charge in [-0.3, -0.25) is 0 Å².